The van der Waals surface area contributed by atoms with E-state index in [0.717, 1.165) is 18.5 Å². The van der Waals surface area contributed by atoms with Crippen molar-refractivity contribution in [2.24, 2.45) is 4.40 Å². The van der Waals surface area contributed by atoms with Gasteiger partial charge in [0.05, 0.1) is 11.5 Å². The van der Waals surface area contributed by atoms with E-state index in [4.69, 9.17) is 4.74 Å². The molecule has 0 amide bonds. The van der Waals surface area contributed by atoms with E-state index in [9.17, 15) is 22.4 Å². The van der Waals surface area contributed by atoms with Gasteiger partial charge in [0.25, 0.3) is 10.0 Å². The summed E-state index contributed by atoms with van der Waals surface area (Å²) in [5, 5.41) is 0. The molecule has 0 saturated carbocycles. The highest BCUT2D eigenvalue weighted by molar-refractivity contribution is 7.90. The van der Waals surface area contributed by atoms with Crippen LogP contribution in [0.4, 0.5) is 4.39 Å². The maximum absolute atomic E-state index is 13.2. The van der Waals surface area contributed by atoms with Crippen LogP contribution < -0.4 is 0 Å². The lowest BCUT2D eigenvalue weighted by Crippen LogP contribution is -2.24. The second-order valence-corrected chi connectivity index (χ2v) is 7.92. The summed E-state index contributed by atoms with van der Waals surface area (Å²) >= 11 is 0. The highest BCUT2D eigenvalue weighted by Gasteiger charge is 2.31. The normalized spacial score (nSPS) is 12.6. The molecule has 0 spiro atoms. The Kier molecular flexibility index (Phi) is 7.22. The van der Waals surface area contributed by atoms with Crippen LogP contribution in [-0.2, 0) is 19.6 Å². The van der Waals surface area contributed by atoms with Crippen molar-refractivity contribution in [3.63, 3.8) is 0 Å². The molecule has 0 N–H and O–H groups in total. The average molecular weight is 420 g/mol. The average Bonchev–Trinajstić information content (AvgIpc) is 2.68. The van der Waals surface area contributed by atoms with E-state index in [0.29, 0.717) is 0 Å². The molecule has 0 aliphatic carbocycles. The third kappa shape index (κ3) is 5.71. The van der Waals surface area contributed by atoms with Gasteiger partial charge in [-0.3, -0.25) is 9.59 Å². The number of benzene rings is 2. The lowest BCUT2D eigenvalue weighted by molar-refractivity contribution is -0.143. The predicted molar refractivity (Wildman–Crippen MR) is 106 cm³/mol. The maximum atomic E-state index is 13.2. The number of carbonyl (C=O) groups is 2. The molecule has 2 aromatic carbocycles. The highest BCUT2D eigenvalue weighted by Crippen LogP contribution is 2.24. The largest absolute Gasteiger partial charge is 0.465 e. The van der Waals surface area contributed by atoms with E-state index in [-0.39, 0.29) is 22.6 Å². The van der Waals surface area contributed by atoms with Gasteiger partial charge in [0.1, 0.15) is 18.1 Å². The third-order valence-electron chi connectivity index (χ3n) is 3.84. The smallest absolute Gasteiger partial charge is 0.321 e. The van der Waals surface area contributed by atoms with Gasteiger partial charge in [-0.05, 0) is 36.8 Å². The van der Waals surface area contributed by atoms with Gasteiger partial charge in [0.2, 0.25) is 0 Å². The summed E-state index contributed by atoms with van der Waals surface area (Å²) in [5.41, 5.74) is 0.394. The number of Topliss-reactive ketones (excluding diaryl/α,β-unsaturated/α-hetero) is 1. The van der Waals surface area contributed by atoms with Crippen molar-refractivity contribution in [1.29, 1.82) is 0 Å². The van der Waals surface area contributed by atoms with E-state index in [2.05, 4.69) is 4.40 Å². The highest BCUT2D eigenvalue weighted by atomic mass is 32.2. The minimum absolute atomic E-state index is 0.0743. The molecule has 0 saturated heterocycles. The van der Waals surface area contributed by atoms with Crippen LogP contribution in [0.1, 0.15) is 28.8 Å². The molecule has 0 heterocycles. The number of carbonyl (C=O) groups excluding carboxylic acids is 2. The van der Waals surface area contributed by atoms with Crippen LogP contribution in [0.2, 0.25) is 0 Å². The summed E-state index contributed by atoms with van der Waals surface area (Å²) in [4.78, 5) is 26.7. The number of hydrogen-bond acceptors (Lipinski definition) is 5. The monoisotopic (exact) mass is 420 g/mol. The molecule has 0 aliphatic rings. The third-order valence-corrected chi connectivity index (χ3v) is 5.08. The first kappa shape index (κ1) is 22.2. The summed E-state index contributed by atoms with van der Waals surface area (Å²) in [6.45, 7) is 1.68. The number of rotatable bonds is 8. The summed E-state index contributed by atoms with van der Waals surface area (Å²) in [6, 6.07) is 10.0. The number of hydrogen-bond donors (Lipinski definition) is 0. The van der Waals surface area contributed by atoms with Crippen molar-refractivity contribution >= 4 is 28.1 Å². The zero-order valence-corrected chi connectivity index (χ0v) is 17.0. The van der Waals surface area contributed by atoms with Gasteiger partial charge >= 0.3 is 5.97 Å². The fourth-order valence-corrected chi connectivity index (χ4v) is 3.36. The van der Waals surface area contributed by atoms with Crippen molar-refractivity contribution in [3.8, 4) is 0 Å². The Morgan fingerprint density at radius 3 is 2.21 bits per heavy atom. The van der Waals surface area contributed by atoms with E-state index < -0.39 is 33.5 Å². The summed E-state index contributed by atoms with van der Waals surface area (Å²) < 4.78 is 46.1. The first-order chi connectivity index (χ1) is 13.7. The Morgan fingerprint density at radius 1 is 1.10 bits per heavy atom. The molecular formula is C20H21FN2O5S. The fourth-order valence-electron chi connectivity index (χ4n) is 2.45. The summed E-state index contributed by atoms with van der Waals surface area (Å²) in [7, 11) is -0.655. The quantitative estimate of drug-likeness (QED) is 0.214. The molecule has 0 bridgehead atoms. The van der Waals surface area contributed by atoms with Crippen LogP contribution in [0.25, 0.3) is 0 Å². The van der Waals surface area contributed by atoms with E-state index in [1.807, 2.05) is 0 Å². The van der Waals surface area contributed by atoms with E-state index in [1.54, 1.807) is 21.0 Å². The second-order valence-electron chi connectivity index (χ2n) is 6.28. The first-order valence-corrected chi connectivity index (χ1v) is 10.1. The molecule has 2 rings (SSSR count). The number of nitrogens with zero attached hydrogens (tertiary/aromatic N) is 2. The Morgan fingerprint density at radius 2 is 1.69 bits per heavy atom. The lowest BCUT2D eigenvalue weighted by Gasteiger charge is -2.15. The molecule has 1 atom stereocenters. The zero-order chi connectivity index (χ0) is 21.6. The van der Waals surface area contributed by atoms with Crippen molar-refractivity contribution in [3.05, 3.63) is 65.5 Å². The standard InChI is InChI=1S/C20H21FN2O5S/c1-4-28-20(25)18(14-5-9-16(21)10-6-14)19(24)15-7-11-17(12-8-15)29(26,27)22-13-23(2)3/h5-13,18H,4H2,1-3H3. The van der Waals surface area contributed by atoms with Crippen LogP contribution in [-0.4, -0.2) is 52.1 Å². The van der Waals surface area contributed by atoms with Crippen molar-refractivity contribution in [2.75, 3.05) is 20.7 Å². The van der Waals surface area contributed by atoms with Gasteiger partial charge in [0, 0.05) is 19.7 Å². The van der Waals surface area contributed by atoms with Crippen molar-refractivity contribution < 1.29 is 27.1 Å². The van der Waals surface area contributed by atoms with E-state index in [1.165, 1.54) is 41.3 Å². The van der Waals surface area contributed by atoms with Crippen LogP contribution in [0.15, 0.2) is 57.8 Å². The molecular weight excluding hydrogens is 399 g/mol. The van der Waals surface area contributed by atoms with Crippen molar-refractivity contribution in [2.45, 2.75) is 17.7 Å². The van der Waals surface area contributed by atoms with Crippen LogP contribution in [0.3, 0.4) is 0 Å². The molecule has 0 aliphatic heterocycles. The topological polar surface area (TPSA) is 93.1 Å². The first-order valence-electron chi connectivity index (χ1n) is 8.69. The molecule has 0 radical (unpaired) electrons. The Balaban J connectivity index is 2.36. The Bertz CT molecular complexity index is 1000. The molecule has 1 unspecified atom stereocenters. The van der Waals surface area contributed by atoms with Gasteiger partial charge in [-0.25, -0.2) is 4.39 Å². The number of ether oxygens (including phenoxy) is 1. The Hall–Kier alpha value is -3.07. The van der Waals surface area contributed by atoms with Gasteiger partial charge < -0.3 is 9.64 Å². The summed E-state index contributed by atoms with van der Waals surface area (Å²) in [6.07, 6.45) is 1.15. The number of esters is 1. The lowest BCUT2D eigenvalue weighted by atomic mass is 9.90. The van der Waals surface area contributed by atoms with Crippen LogP contribution >= 0.6 is 0 Å². The minimum Gasteiger partial charge on any atom is -0.465 e. The SMILES string of the molecule is CCOC(=O)C(C(=O)c1ccc(S(=O)(=O)N=CN(C)C)cc1)c1ccc(F)cc1. The zero-order valence-electron chi connectivity index (χ0n) is 16.2. The molecule has 154 valence electrons. The molecule has 9 heteroatoms. The van der Waals surface area contributed by atoms with Crippen LogP contribution in [0.5, 0.6) is 0 Å². The Labute approximate surface area is 168 Å². The molecule has 0 fully saturated rings. The van der Waals surface area contributed by atoms with Gasteiger partial charge in [-0.2, -0.15) is 8.42 Å². The summed E-state index contributed by atoms with van der Waals surface area (Å²) in [5.74, 6) is -3.14. The number of halogens is 1. The van der Waals surface area contributed by atoms with E-state index >= 15 is 0 Å². The maximum Gasteiger partial charge on any atom is 0.321 e. The fraction of sp³-hybridized carbons (Fsp3) is 0.250. The predicted octanol–water partition coefficient (Wildman–Crippen LogP) is 2.63. The van der Waals surface area contributed by atoms with Gasteiger partial charge in [-0.15, -0.1) is 4.40 Å². The number of ketones is 1. The molecule has 2 aromatic rings. The number of sulfonamides is 1. The second kappa shape index (κ2) is 9.42. The van der Waals surface area contributed by atoms with Crippen LogP contribution in [0, 0.1) is 5.82 Å². The van der Waals surface area contributed by atoms with Gasteiger partial charge in [-0.1, -0.05) is 24.3 Å². The minimum atomic E-state index is -3.92. The molecule has 29 heavy (non-hydrogen) atoms. The molecule has 7 nitrogen and oxygen atoms in total. The van der Waals surface area contributed by atoms with Gasteiger partial charge in [0.15, 0.2) is 5.78 Å². The van der Waals surface area contributed by atoms with Crippen molar-refractivity contribution in [1.82, 2.24) is 4.90 Å². The molecule has 0 aromatic heterocycles.